The van der Waals surface area contributed by atoms with Crippen LogP contribution in [0.4, 0.5) is 10.5 Å². The predicted octanol–water partition coefficient (Wildman–Crippen LogP) is 3.41. The second kappa shape index (κ2) is 6.79. The van der Waals surface area contributed by atoms with Gasteiger partial charge in [0.15, 0.2) is 0 Å². The molecule has 124 valence electrons. The molecule has 0 fully saturated rings. The van der Waals surface area contributed by atoms with Gasteiger partial charge in [0, 0.05) is 29.3 Å². The van der Waals surface area contributed by atoms with E-state index in [9.17, 15) is 20.0 Å². The van der Waals surface area contributed by atoms with Crippen molar-refractivity contribution in [1.82, 2.24) is 4.90 Å². The Kier molecular flexibility index (Phi) is 4.57. The lowest BCUT2D eigenvalue weighted by molar-refractivity contribution is -0.384. The molecule has 0 aromatic heterocycles. The monoisotopic (exact) mass is 346 g/mol. The minimum Gasteiger partial charge on any atom is -0.508 e. The Morgan fingerprint density at radius 1 is 1.25 bits per heavy atom. The highest BCUT2D eigenvalue weighted by Gasteiger charge is 2.21. The van der Waals surface area contributed by atoms with Crippen LogP contribution in [0.1, 0.15) is 5.56 Å². The van der Waals surface area contributed by atoms with E-state index in [1.54, 1.807) is 28.8 Å². The summed E-state index contributed by atoms with van der Waals surface area (Å²) in [5.41, 5.74) is 0.795. The molecule has 1 amide bonds. The Morgan fingerprint density at radius 2 is 2.00 bits per heavy atom. The topological polar surface area (TPSA) is 92.9 Å². The molecule has 3 rings (SSSR count). The molecular formula is C16H14N2O5S. The summed E-state index contributed by atoms with van der Waals surface area (Å²) >= 11 is 1.62. The summed E-state index contributed by atoms with van der Waals surface area (Å²) < 4.78 is 5.28. The van der Waals surface area contributed by atoms with Gasteiger partial charge in [0.1, 0.15) is 11.5 Å². The van der Waals surface area contributed by atoms with Crippen LogP contribution >= 0.6 is 11.8 Å². The number of fused-ring (bicyclic) bond motifs is 1. The van der Waals surface area contributed by atoms with Crippen molar-refractivity contribution in [3.63, 3.8) is 0 Å². The molecule has 1 heterocycles. The number of nitro benzene ring substituents is 1. The van der Waals surface area contributed by atoms with Gasteiger partial charge in [-0.25, -0.2) is 4.79 Å². The molecule has 0 unspecified atom stereocenters. The molecule has 1 aliphatic rings. The van der Waals surface area contributed by atoms with Crippen molar-refractivity contribution in [2.45, 2.75) is 11.4 Å². The highest BCUT2D eigenvalue weighted by atomic mass is 32.2. The van der Waals surface area contributed by atoms with Crippen molar-refractivity contribution < 1.29 is 19.6 Å². The Morgan fingerprint density at radius 3 is 2.71 bits per heavy atom. The predicted molar refractivity (Wildman–Crippen MR) is 88.4 cm³/mol. The maximum absolute atomic E-state index is 12.3. The smallest absolute Gasteiger partial charge is 0.415 e. The molecule has 7 nitrogen and oxygen atoms in total. The number of phenols is 1. The lowest BCUT2D eigenvalue weighted by Gasteiger charge is -2.19. The fraction of sp³-hybridized carbons (Fsp3) is 0.188. The van der Waals surface area contributed by atoms with E-state index in [1.165, 1.54) is 24.3 Å². The van der Waals surface area contributed by atoms with Crippen molar-refractivity contribution in [2.24, 2.45) is 0 Å². The average molecular weight is 346 g/mol. The van der Waals surface area contributed by atoms with Crippen LogP contribution in [-0.2, 0) is 6.54 Å². The first kappa shape index (κ1) is 16.1. The minimum atomic E-state index is -0.527. The number of thioether (sulfide) groups is 1. The van der Waals surface area contributed by atoms with E-state index in [0.29, 0.717) is 18.8 Å². The van der Waals surface area contributed by atoms with Crippen molar-refractivity contribution in [3.05, 3.63) is 58.1 Å². The van der Waals surface area contributed by atoms with Crippen LogP contribution < -0.4 is 4.74 Å². The van der Waals surface area contributed by atoms with Gasteiger partial charge in [0.25, 0.3) is 5.69 Å². The number of hydrogen-bond acceptors (Lipinski definition) is 6. The summed E-state index contributed by atoms with van der Waals surface area (Å²) in [4.78, 5) is 25.0. The SMILES string of the molecule is O=C(Oc1ccc([N+](=O)[O-])cc1)N1CCSc2ccc(O)cc2C1. The lowest BCUT2D eigenvalue weighted by Crippen LogP contribution is -2.34. The molecule has 0 spiro atoms. The Labute approximate surface area is 142 Å². The number of hydrogen-bond donors (Lipinski definition) is 1. The molecule has 2 aromatic rings. The normalized spacial score (nSPS) is 13.8. The van der Waals surface area contributed by atoms with E-state index in [0.717, 1.165) is 10.5 Å². The van der Waals surface area contributed by atoms with Crippen LogP contribution in [0.2, 0.25) is 0 Å². The zero-order chi connectivity index (χ0) is 17.1. The summed E-state index contributed by atoms with van der Waals surface area (Å²) in [5.74, 6) is 1.12. The molecule has 0 saturated heterocycles. The number of nitrogens with zero attached hydrogens (tertiary/aromatic N) is 2. The number of ether oxygens (including phenoxy) is 1. The first-order valence-corrected chi connectivity index (χ1v) is 8.17. The third kappa shape index (κ3) is 3.60. The highest BCUT2D eigenvalue weighted by molar-refractivity contribution is 7.99. The zero-order valence-corrected chi connectivity index (χ0v) is 13.4. The zero-order valence-electron chi connectivity index (χ0n) is 12.5. The van der Waals surface area contributed by atoms with Crippen molar-refractivity contribution >= 4 is 23.5 Å². The summed E-state index contributed by atoms with van der Waals surface area (Å²) in [5, 5.41) is 20.2. The molecule has 0 atom stereocenters. The molecule has 1 N–H and O–H groups in total. The Bertz CT molecular complexity index is 779. The number of rotatable bonds is 2. The van der Waals surface area contributed by atoms with E-state index in [-0.39, 0.29) is 17.2 Å². The van der Waals surface area contributed by atoms with Crippen LogP contribution in [0.15, 0.2) is 47.4 Å². The van der Waals surface area contributed by atoms with Crippen LogP contribution in [0.25, 0.3) is 0 Å². The van der Waals surface area contributed by atoms with Gasteiger partial charge in [-0.1, -0.05) is 0 Å². The Balaban J connectivity index is 1.71. The first-order valence-electron chi connectivity index (χ1n) is 7.19. The molecule has 0 aliphatic carbocycles. The molecule has 1 aliphatic heterocycles. The van der Waals surface area contributed by atoms with E-state index < -0.39 is 11.0 Å². The maximum atomic E-state index is 12.3. The summed E-state index contributed by atoms with van der Waals surface area (Å²) in [6, 6.07) is 10.4. The van der Waals surface area contributed by atoms with E-state index in [1.807, 2.05) is 6.07 Å². The van der Waals surface area contributed by atoms with Gasteiger partial charge in [0.2, 0.25) is 0 Å². The fourth-order valence-corrected chi connectivity index (χ4v) is 3.34. The van der Waals surface area contributed by atoms with E-state index in [2.05, 4.69) is 0 Å². The largest absolute Gasteiger partial charge is 0.508 e. The molecule has 8 heteroatoms. The first-order chi connectivity index (χ1) is 11.5. The van der Waals surface area contributed by atoms with Gasteiger partial charge in [0.05, 0.1) is 11.5 Å². The van der Waals surface area contributed by atoms with Crippen LogP contribution in [0, 0.1) is 10.1 Å². The number of carbonyl (C=O) groups excluding carboxylic acids is 1. The molecule has 0 saturated carbocycles. The Hall–Kier alpha value is -2.74. The lowest BCUT2D eigenvalue weighted by atomic mass is 10.2. The third-order valence-electron chi connectivity index (χ3n) is 3.53. The highest BCUT2D eigenvalue weighted by Crippen LogP contribution is 2.30. The number of non-ortho nitro benzene ring substituents is 1. The number of amides is 1. The molecule has 0 radical (unpaired) electrons. The van der Waals surface area contributed by atoms with Crippen LogP contribution in [0.3, 0.4) is 0 Å². The van der Waals surface area contributed by atoms with Gasteiger partial charge in [-0.3, -0.25) is 10.1 Å². The second-order valence-corrected chi connectivity index (χ2v) is 6.32. The quantitative estimate of drug-likeness (QED) is 0.662. The molecule has 2 aromatic carbocycles. The summed E-state index contributed by atoms with van der Waals surface area (Å²) in [6.07, 6.45) is -0.527. The number of carbonyl (C=O) groups is 1. The van der Waals surface area contributed by atoms with Gasteiger partial charge < -0.3 is 14.7 Å². The summed E-state index contributed by atoms with van der Waals surface area (Å²) in [6.45, 7) is 0.842. The number of nitro groups is 1. The van der Waals surface area contributed by atoms with E-state index in [4.69, 9.17) is 4.74 Å². The second-order valence-electron chi connectivity index (χ2n) is 5.18. The van der Waals surface area contributed by atoms with Crippen LogP contribution in [0.5, 0.6) is 11.5 Å². The van der Waals surface area contributed by atoms with Crippen molar-refractivity contribution in [1.29, 1.82) is 0 Å². The van der Waals surface area contributed by atoms with Crippen LogP contribution in [-0.4, -0.2) is 33.3 Å². The molecular weight excluding hydrogens is 332 g/mol. The molecule has 24 heavy (non-hydrogen) atoms. The molecule has 0 bridgehead atoms. The third-order valence-corrected chi connectivity index (χ3v) is 4.63. The fourth-order valence-electron chi connectivity index (χ4n) is 2.34. The van der Waals surface area contributed by atoms with Gasteiger partial charge >= 0.3 is 6.09 Å². The maximum Gasteiger partial charge on any atom is 0.415 e. The van der Waals surface area contributed by atoms with Gasteiger partial charge in [-0.2, -0.15) is 0 Å². The number of benzene rings is 2. The number of aromatic hydroxyl groups is 1. The van der Waals surface area contributed by atoms with Crippen molar-refractivity contribution in [2.75, 3.05) is 12.3 Å². The van der Waals surface area contributed by atoms with Crippen molar-refractivity contribution in [3.8, 4) is 11.5 Å². The van der Waals surface area contributed by atoms with Gasteiger partial charge in [-0.15, -0.1) is 11.8 Å². The number of phenolic OH excluding ortho intramolecular Hbond substituents is 1. The van der Waals surface area contributed by atoms with Gasteiger partial charge in [-0.05, 0) is 35.9 Å². The average Bonchev–Trinajstić information content (AvgIpc) is 2.77. The van der Waals surface area contributed by atoms with E-state index >= 15 is 0 Å². The standard InChI is InChI=1S/C16H14N2O5S/c19-13-3-6-15-11(9-13)10-17(7-8-24-15)16(20)23-14-4-1-12(2-5-14)18(21)22/h1-6,9,19H,7-8,10H2. The summed E-state index contributed by atoms with van der Waals surface area (Å²) in [7, 11) is 0. The minimum absolute atomic E-state index is 0.0645.